The van der Waals surface area contributed by atoms with E-state index in [-0.39, 0.29) is 17.6 Å². The minimum Gasteiger partial charge on any atom is -0.468 e. The molecule has 0 aliphatic heterocycles. The summed E-state index contributed by atoms with van der Waals surface area (Å²) < 4.78 is 4.63. The van der Waals surface area contributed by atoms with E-state index < -0.39 is 0 Å². The van der Waals surface area contributed by atoms with Gasteiger partial charge in [0, 0.05) is 5.54 Å². The van der Waals surface area contributed by atoms with Crippen LogP contribution in [0.5, 0.6) is 0 Å². The van der Waals surface area contributed by atoms with Crippen molar-refractivity contribution in [2.75, 3.05) is 7.11 Å². The van der Waals surface area contributed by atoms with Gasteiger partial charge >= 0.3 is 5.97 Å². The van der Waals surface area contributed by atoms with Gasteiger partial charge in [0.2, 0.25) is 0 Å². The number of carbonyl (C=O) groups is 1. The summed E-state index contributed by atoms with van der Waals surface area (Å²) in [5.41, 5.74) is 0.00234. The van der Waals surface area contributed by atoms with E-state index in [1.807, 2.05) is 6.92 Å². The predicted molar refractivity (Wildman–Crippen MR) is 53.6 cm³/mol. The fraction of sp³-hybridized carbons (Fsp3) is 0.900. The molecular weight excluding hydrogens is 166 g/mol. The first-order valence-electron chi connectivity index (χ1n) is 4.78. The molecule has 0 radical (unpaired) electrons. The highest BCUT2D eigenvalue weighted by atomic mass is 16.5. The maximum absolute atomic E-state index is 11.1. The Morgan fingerprint density at radius 3 is 2.46 bits per heavy atom. The lowest BCUT2D eigenvalue weighted by atomic mass is 9.98. The van der Waals surface area contributed by atoms with Gasteiger partial charge in [-0.3, -0.25) is 10.1 Å². The van der Waals surface area contributed by atoms with Crippen molar-refractivity contribution in [1.29, 1.82) is 0 Å². The molecule has 0 aromatic carbocycles. The van der Waals surface area contributed by atoms with Crippen molar-refractivity contribution in [2.24, 2.45) is 0 Å². The lowest BCUT2D eigenvalue weighted by Crippen LogP contribution is -2.48. The lowest BCUT2D eigenvalue weighted by Gasteiger charge is -2.28. The molecule has 0 aromatic heterocycles. The zero-order valence-electron chi connectivity index (χ0n) is 9.31. The molecule has 3 heteroatoms. The number of nitrogens with one attached hydrogen (secondary N) is 1. The molecule has 1 unspecified atom stereocenters. The minimum absolute atomic E-state index is 0.00234. The number of esters is 1. The third-order valence-corrected chi connectivity index (χ3v) is 2.04. The molecule has 3 nitrogen and oxygen atoms in total. The van der Waals surface area contributed by atoms with E-state index in [4.69, 9.17) is 0 Å². The molecule has 0 rings (SSSR count). The second-order valence-corrected chi connectivity index (χ2v) is 4.02. The topological polar surface area (TPSA) is 38.3 Å². The van der Waals surface area contributed by atoms with E-state index in [9.17, 15) is 4.79 Å². The van der Waals surface area contributed by atoms with Gasteiger partial charge < -0.3 is 4.74 Å². The molecule has 0 saturated heterocycles. The molecule has 0 aliphatic rings. The number of rotatable bonds is 5. The molecule has 0 heterocycles. The first-order chi connectivity index (χ1) is 5.93. The van der Waals surface area contributed by atoms with Crippen molar-refractivity contribution < 1.29 is 9.53 Å². The van der Waals surface area contributed by atoms with Gasteiger partial charge in [0.25, 0.3) is 0 Å². The van der Waals surface area contributed by atoms with Crippen molar-refractivity contribution in [3.05, 3.63) is 0 Å². The van der Waals surface area contributed by atoms with Crippen LogP contribution in [-0.2, 0) is 9.53 Å². The van der Waals surface area contributed by atoms with E-state index in [1.165, 1.54) is 7.11 Å². The molecule has 0 amide bonds. The van der Waals surface area contributed by atoms with Crippen LogP contribution in [0, 0.1) is 0 Å². The smallest absolute Gasteiger partial charge is 0.322 e. The molecule has 13 heavy (non-hydrogen) atoms. The number of methoxy groups -OCH3 is 1. The van der Waals surface area contributed by atoms with Crippen LogP contribution in [0.2, 0.25) is 0 Å². The van der Waals surface area contributed by atoms with Gasteiger partial charge in [-0.15, -0.1) is 0 Å². The molecule has 1 N–H and O–H groups in total. The summed E-state index contributed by atoms with van der Waals surface area (Å²) in [5, 5.41) is 3.23. The van der Waals surface area contributed by atoms with Gasteiger partial charge in [-0.05, 0) is 27.2 Å². The maximum Gasteiger partial charge on any atom is 0.322 e. The second-order valence-electron chi connectivity index (χ2n) is 4.02. The summed E-state index contributed by atoms with van der Waals surface area (Å²) >= 11 is 0. The fourth-order valence-corrected chi connectivity index (χ4v) is 1.52. The average molecular weight is 187 g/mol. The Balaban J connectivity index is 4.02. The van der Waals surface area contributed by atoms with Crippen LogP contribution < -0.4 is 5.32 Å². The summed E-state index contributed by atoms with van der Waals surface area (Å²) in [6.07, 6.45) is 2.15. The van der Waals surface area contributed by atoms with Crippen LogP contribution in [-0.4, -0.2) is 24.7 Å². The third-order valence-electron chi connectivity index (χ3n) is 2.04. The highest BCUT2D eigenvalue weighted by molar-refractivity contribution is 5.75. The van der Waals surface area contributed by atoms with Crippen molar-refractivity contribution in [2.45, 2.75) is 52.1 Å². The highest BCUT2D eigenvalue weighted by Gasteiger charge is 2.22. The molecule has 0 fully saturated rings. The first-order valence-corrected chi connectivity index (χ1v) is 4.78. The quantitative estimate of drug-likeness (QED) is 0.666. The summed E-state index contributed by atoms with van der Waals surface area (Å²) in [5.74, 6) is -0.204. The summed E-state index contributed by atoms with van der Waals surface area (Å²) in [7, 11) is 1.41. The maximum atomic E-state index is 11.1. The Bertz CT molecular complexity index is 166. The molecule has 78 valence electrons. The van der Waals surface area contributed by atoms with E-state index in [1.54, 1.807) is 0 Å². The van der Waals surface area contributed by atoms with Gasteiger partial charge in [0.15, 0.2) is 0 Å². The van der Waals surface area contributed by atoms with Crippen molar-refractivity contribution in [3.63, 3.8) is 0 Å². The van der Waals surface area contributed by atoms with E-state index in [2.05, 4.69) is 30.8 Å². The van der Waals surface area contributed by atoms with E-state index >= 15 is 0 Å². The molecule has 0 spiro atoms. The first kappa shape index (κ1) is 12.4. The Morgan fingerprint density at radius 1 is 1.54 bits per heavy atom. The molecule has 0 aromatic rings. The van der Waals surface area contributed by atoms with Gasteiger partial charge in [0.1, 0.15) is 6.04 Å². The predicted octanol–water partition coefficient (Wildman–Crippen LogP) is 1.72. The fourth-order valence-electron chi connectivity index (χ4n) is 1.52. The Hall–Kier alpha value is -0.570. The van der Waals surface area contributed by atoms with Gasteiger partial charge in [0.05, 0.1) is 7.11 Å². The number of carbonyl (C=O) groups excluding carboxylic acids is 1. The van der Waals surface area contributed by atoms with E-state index in [0.717, 1.165) is 12.8 Å². The van der Waals surface area contributed by atoms with Crippen LogP contribution in [0.25, 0.3) is 0 Å². The lowest BCUT2D eigenvalue weighted by molar-refractivity contribution is -0.143. The van der Waals surface area contributed by atoms with Gasteiger partial charge in [-0.25, -0.2) is 0 Å². The highest BCUT2D eigenvalue weighted by Crippen LogP contribution is 2.11. The molecule has 0 saturated carbocycles. The zero-order chi connectivity index (χ0) is 10.5. The second kappa shape index (κ2) is 5.22. The minimum atomic E-state index is -0.230. The summed E-state index contributed by atoms with van der Waals surface area (Å²) in [6.45, 7) is 8.14. The Morgan fingerprint density at radius 2 is 2.08 bits per heavy atom. The number of hydrogen-bond donors (Lipinski definition) is 1. The molecule has 1 atom stereocenters. The van der Waals surface area contributed by atoms with Gasteiger partial charge in [-0.1, -0.05) is 13.3 Å². The van der Waals surface area contributed by atoms with Crippen molar-refractivity contribution in [3.8, 4) is 0 Å². The average Bonchev–Trinajstić information content (AvgIpc) is 2.01. The van der Waals surface area contributed by atoms with Crippen LogP contribution in [0.4, 0.5) is 0 Å². The van der Waals surface area contributed by atoms with Crippen LogP contribution in [0.1, 0.15) is 40.5 Å². The Labute approximate surface area is 80.8 Å². The number of hydrogen-bond acceptors (Lipinski definition) is 3. The molecular formula is C10H21NO2. The molecule has 0 aliphatic carbocycles. The van der Waals surface area contributed by atoms with Crippen LogP contribution >= 0.6 is 0 Å². The third kappa shape index (κ3) is 4.88. The summed E-state index contributed by atoms with van der Waals surface area (Å²) in [4.78, 5) is 11.1. The van der Waals surface area contributed by atoms with Crippen LogP contribution in [0.3, 0.4) is 0 Å². The van der Waals surface area contributed by atoms with Crippen LogP contribution in [0.15, 0.2) is 0 Å². The largest absolute Gasteiger partial charge is 0.468 e. The van der Waals surface area contributed by atoms with Crippen molar-refractivity contribution in [1.82, 2.24) is 5.32 Å². The Kier molecular flexibility index (Phi) is 4.99. The van der Waals surface area contributed by atoms with Crippen molar-refractivity contribution >= 4 is 5.97 Å². The number of ether oxygens (including phenoxy) is 1. The summed E-state index contributed by atoms with van der Waals surface area (Å²) in [6, 6.07) is -0.230. The zero-order valence-corrected chi connectivity index (χ0v) is 9.31. The standard InChI is InChI=1S/C10H21NO2/c1-6-7-10(3,4)11-8(2)9(12)13-5/h8,11H,6-7H2,1-5H3. The molecule has 0 bridgehead atoms. The SMILES string of the molecule is CCCC(C)(C)NC(C)C(=O)OC. The monoisotopic (exact) mass is 187 g/mol. The normalized spacial score (nSPS) is 13.9. The van der Waals surface area contributed by atoms with E-state index in [0.29, 0.717) is 0 Å². The van der Waals surface area contributed by atoms with Gasteiger partial charge in [-0.2, -0.15) is 0 Å².